The molecule has 2 aromatic carbocycles. The van der Waals surface area contributed by atoms with Gasteiger partial charge in [-0.2, -0.15) is 0 Å². The van der Waals surface area contributed by atoms with Gasteiger partial charge in [-0.1, -0.05) is 29.3 Å². The summed E-state index contributed by atoms with van der Waals surface area (Å²) in [7, 11) is 0. The van der Waals surface area contributed by atoms with Crippen LogP contribution in [0.2, 0.25) is 5.02 Å². The van der Waals surface area contributed by atoms with E-state index in [-0.39, 0.29) is 23.5 Å². The summed E-state index contributed by atoms with van der Waals surface area (Å²) in [6, 6.07) is 16.1. The third-order valence-corrected chi connectivity index (χ3v) is 5.49. The van der Waals surface area contributed by atoms with Gasteiger partial charge in [0, 0.05) is 18.1 Å². The Morgan fingerprint density at radius 3 is 2.71 bits per heavy atom. The number of rotatable bonds is 5. The lowest BCUT2D eigenvalue weighted by atomic mass is 9.96. The van der Waals surface area contributed by atoms with E-state index in [0.717, 1.165) is 12.0 Å². The van der Waals surface area contributed by atoms with Crippen LogP contribution < -0.4 is 10.1 Å². The summed E-state index contributed by atoms with van der Waals surface area (Å²) >= 11 is 6.16. The Bertz CT molecular complexity index is 1060. The van der Waals surface area contributed by atoms with Crippen molar-refractivity contribution in [2.45, 2.75) is 19.8 Å². The SMILES string of the molecule is Cc1ccc(Oc2ccc(Cl)cc2NC(=O)[C@H]2CCCN(C(=O)c3ccco3)C2)cc1. The number of hydrogen-bond acceptors (Lipinski definition) is 4. The number of piperidine rings is 1. The van der Waals surface area contributed by atoms with Crippen molar-refractivity contribution < 1.29 is 18.7 Å². The molecule has 1 aliphatic heterocycles. The van der Waals surface area contributed by atoms with Gasteiger partial charge >= 0.3 is 0 Å². The van der Waals surface area contributed by atoms with Crippen LogP contribution in [-0.4, -0.2) is 29.8 Å². The van der Waals surface area contributed by atoms with Crippen LogP contribution in [0.3, 0.4) is 0 Å². The molecule has 6 nitrogen and oxygen atoms in total. The zero-order valence-electron chi connectivity index (χ0n) is 17.1. The molecule has 0 bridgehead atoms. The van der Waals surface area contributed by atoms with Crippen molar-refractivity contribution in [3.05, 3.63) is 77.2 Å². The second-order valence-corrected chi connectivity index (χ2v) is 8.05. The van der Waals surface area contributed by atoms with Crippen LogP contribution in [-0.2, 0) is 4.79 Å². The highest BCUT2D eigenvalue weighted by molar-refractivity contribution is 6.31. The molecule has 1 atom stereocenters. The van der Waals surface area contributed by atoms with E-state index in [1.54, 1.807) is 35.2 Å². The minimum atomic E-state index is -0.334. The first kappa shape index (κ1) is 21.0. The quantitative estimate of drug-likeness (QED) is 0.569. The molecule has 1 aliphatic rings. The van der Waals surface area contributed by atoms with Gasteiger partial charge in [0.05, 0.1) is 17.9 Å². The molecule has 2 amide bonds. The van der Waals surface area contributed by atoms with E-state index in [4.69, 9.17) is 20.8 Å². The van der Waals surface area contributed by atoms with Gasteiger partial charge in [-0.05, 0) is 62.2 Å². The van der Waals surface area contributed by atoms with Gasteiger partial charge < -0.3 is 19.4 Å². The van der Waals surface area contributed by atoms with Crippen molar-refractivity contribution in [1.82, 2.24) is 4.90 Å². The summed E-state index contributed by atoms with van der Waals surface area (Å²) in [5, 5.41) is 3.43. The molecule has 1 aromatic heterocycles. The normalized spacial score (nSPS) is 16.1. The molecule has 31 heavy (non-hydrogen) atoms. The number of amides is 2. The number of benzene rings is 2. The highest BCUT2D eigenvalue weighted by Crippen LogP contribution is 2.33. The predicted molar refractivity (Wildman–Crippen MR) is 119 cm³/mol. The average Bonchev–Trinajstić information content (AvgIpc) is 3.31. The highest BCUT2D eigenvalue weighted by atomic mass is 35.5. The fourth-order valence-electron chi connectivity index (χ4n) is 3.59. The van der Waals surface area contributed by atoms with Crippen LogP contribution >= 0.6 is 11.6 Å². The number of anilines is 1. The topological polar surface area (TPSA) is 71.8 Å². The van der Waals surface area contributed by atoms with E-state index in [0.29, 0.717) is 41.7 Å². The molecule has 1 N–H and O–H groups in total. The largest absolute Gasteiger partial charge is 0.459 e. The maximum absolute atomic E-state index is 13.0. The zero-order chi connectivity index (χ0) is 21.8. The Morgan fingerprint density at radius 1 is 1.16 bits per heavy atom. The Kier molecular flexibility index (Phi) is 6.28. The van der Waals surface area contributed by atoms with Crippen LogP contribution in [0, 0.1) is 12.8 Å². The van der Waals surface area contributed by atoms with Crippen LogP contribution in [0.15, 0.2) is 65.3 Å². The Morgan fingerprint density at radius 2 is 1.97 bits per heavy atom. The minimum absolute atomic E-state index is 0.173. The first-order valence-electron chi connectivity index (χ1n) is 10.2. The number of carbonyl (C=O) groups is 2. The number of nitrogens with zero attached hydrogens (tertiary/aromatic N) is 1. The molecule has 2 heterocycles. The maximum atomic E-state index is 13.0. The Labute approximate surface area is 185 Å². The number of nitrogens with one attached hydrogen (secondary N) is 1. The summed E-state index contributed by atoms with van der Waals surface area (Å²) in [5.41, 5.74) is 1.62. The van der Waals surface area contributed by atoms with Crippen molar-refractivity contribution in [3.63, 3.8) is 0 Å². The lowest BCUT2D eigenvalue weighted by Crippen LogP contribution is -2.43. The molecule has 160 valence electrons. The van der Waals surface area contributed by atoms with Crippen molar-refractivity contribution in [3.8, 4) is 11.5 Å². The number of aryl methyl sites for hydroxylation is 1. The van der Waals surface area contributed by atoms with Gasteiger partial charge in [0.1, 0.15) is 5.75 Å². The van der Waals surface area contributed by atoms with E-state index in [1.165, 1.54) is 6.26 Å². The van der Waals surface area contributed by atoms with Crippen LogP contribution in [0.25, 0.3) is 0 Å². The van der Waals surface area contributed by atoms with E-state index in [2.05, 4.69) is 5.32 Å². The van der Waals surface area contributed by atoms with Gasteiger partial charge in [0.15, 0.2) is 11.5 Å². The van der Waals surface area contributed by atoms with Crippen LogP contribution in [0.4, 0.5) is 5.69 Å². The molecule has 3 aromatic rings. The highest BCUT2D eigenvalue weighted by Gasteiger charge is 2.30. The smallest absolute Gasteiger partial charge is 0.289 e. The summed E-state index contributed by atoms with van der Waals surface area (Å²) in [4.78, 5) is 27.2. The molecule has 7 heteroatoms. The van der Waals surface area contributed by atoms with Crippen molar-refractivity contribution >= 4 is 29.1 Å². The van der Waals surface area contributed by atoms with E-state index >= 15 is 0 Å². The molecule has 1 saturated heterocycles. The first-order chi connectivity index (χ1) is 15.0. The number of ether oxygens (including phenoxy) is 1. The maximum Gasteiger partial charge on any atom is 0.289 e. The summed E-state index contributed by atoms with van der Waals surface area (Å²) < 4.78 is 11.2. The molecule has 0 unspecified atom stereocenters. The lowest BCUT2D eigenvalue weighted by Gasteiger charge is -2.31. The molecule has 1 fully saturated rings. The molecule has 0 saturated carbocycles. The summed E-state index contributed by atoms with van der Waals surface area (Å²) in [6.07, 6.45) is 2.91. The number of furan rings is 1. The van der Waals surface area contributed by atoms with Gasteiger partial charge in [-0.25, -0.2) is 0 Å². The van der Waals surface area contributed by atoms with Gasteiger partial charge in [-0.15, -0.1) is 0 Å². The monoisotopic (exact) mass is 438 g/mol. The standard InChI is InChI=1S/C24H23ClN2O4/c1-16-6-9-19(10-7-16)31-21-11-8-18(25)14-20(21)26-23(28)17-4-2-12-27(15-17)24(29)22-5-3-13-30-22/h3,5-11,13-14,17H,2,4,12,15H2,1H3,(H,26,28)/t17-/m0/s1. The molecule has 4 rings (SSSR count). The van der Waals surface area contributed by atoms with Gasteiger partial charge in [0.2, 0.25) is 5.91 Å². The van der Waals surface area contributed by atoms with Crippen molar-refractivity contribution in [1.29, 1.82) is 0 Å². The van der Waals surface area contributed by atoms with E-state index in [9.17, 15) is 9.59 Å². The molecule has 0 spiro atoms. The average molecular weight is 439 g/mol. The van der Waals surface area contributed by atoms with Crippen molar-refractivity contribution in [2.24, 2.45) is 5.92 Å². The molecular weight excluding hydrogens is 416 g/mol. The fraction of sp³-hybridized carbons (Fsp3) is 0.250. The van der Waals surface area contributed by atoms with Crippen LogP contribution in [0.5, 0.6) is 11.5 Å². The lowest BCUT2D eigenvalue weighted by molar-refractivity contribution is -0.121. The van der Waals surface area contributed by atoms with E-state index < -0.39 is 0 Å². The number of likely N-dealkylation sites (tertiary alicyclic amines) is 1. The number of carbonyl (C=O) groups excluding carboxylic acids is 2. The van der Waals surface area contributed by atoms with Gasteiger partial charge in [0.25, 0.3) is 5.91 Å². The number of halogens is 1. The van der Waals surface area contributed by atoms with E-state index in [1.807, 2.05) is 31.2 Å². The molecule has 0 aliphatic carbocycles. The fourth-order valence-corrected chi connectivity index (χ4v) is 3.76. The van der Waals surface area contributed by atoms with Gasteiger partial charge in [-0.3, -0.25) is 9.59 Å². The second-order valence-electron chi connectivity index (χ2n) is 7.61. The molecular formula is C24H23ClN2O4. The third-order valence-electron chi connectivity index (χ3n) is 5.26. The summed E-state index contributed by atoms with van der Waals surface area (Å²) in [5.74, 6) is 0.738. The minimum Gasteiger partial charge on any atom is -0.459 e. The zero-order valence-corrected chi connectivity index (χ0v) is 17.9. The van der Waals surface area contributed by atoms with Crippen molar-refractivity contribution in [2.75, 3.05) is 18.4 Å². The predicted octanol–water partition coefficient (Wildman–Crippen LogP) is 5.52. The first-order valence-corrected chi connectivity index (χ1v) is 10.5. The number of hydrogen-bond donors (Lipinski definition) is 1. The summed E-state index contributed by atoms with van der Waals surface area (Å²) in [6.45, 7) is 2.93. The Hall–Kier alpha value is -3.25. The molecule has 0 radical (unpaired) electrons. The Balaban J connectivity index is 1.47. The third kappa shape index (κ3) is 5.09. The second kappa shape index (κ2) is 9.27. The van der Waals surface area contributed by atoms with Crippen LogP contribution in [0.1, 0.15) is 29.0 Å².